The zero-order chi connectivity index (χ0) is 12.3. The lowest BCUT2D eigenvalue weighted by molar-refractivity contribution is 0.0749. The molecule has 1 aromatic rings. The number of carbonyl (C=O) groups excluding carboxylic acids is 1. The molecule has 0 unspecified atom stereocenters. The molecule has 1 fully saturated rings. The molecule has 2 rings (SSSR count). The predicted molar refractivity (Wildman–Crippen MR) is 61.2 cm³/mol. The molecule has 0 radical (unpaired) electrons. The molecule has 0 bridgehead atoms. The number of carbonyl (C=O) groups is 1. The number of nitrogens with zero attached hydrogens (tertiary/aromatic N) is 2. The first-order valence-electron chi connectivity index (χ1n) is 5.76. The number of hydrogen-bond acceptors (Lipinski definition) is 5. The van der Waals surface area contributed by atoms with Crippen LogP contribution in [0.1, 0.15) is 42.7 Å². The number of aromatic nitrogens is 3. The highest BCUT2D eigenvalue weighted by atomic mass is 16.3. The minimum absolute atomic E-state index is 0.0387. The van der Waals surface area contributed by atoms with Crippen molar-refractivity contribution in [2.24, 2.45) is 0 Å². The van der Waals surface area contributed by atoms with Crippen molar-refractivity contribution in [3.63, 3.8) is 0 Å². The summed E-state index contributed by atoms with van der Waals surface area (Å²) in [6.07, 6.45) is 4.75. The van der Waals surface area contributed by atoms with Crippen LogP contribution in [0.4, 0.5) is 5.95 Å². The van der Waals surface area contributed by atoms with Gasteiger partial charge in [-0.25, -0.2) is 0 Å². The number of nitrogens with two attached hydrogens (primary N) is 1. The lowest BCUT2D eigenvalue weighted by Gasteiger charge is -2.36. The molecule has 1 aliphatic rings. The number of amides is 1. The molecular weight excluding hydrogens is 222 g/mol. The summed E-state index contributed by atoms with van der Waals surface area (Å²) in [6.45, 7) is -0.0532. The predicted octanol–water partition coefficient (Wildman–Crippen LogP) is -0.188. The van der Waals surface area contributed by atoms with Crippen molar-refractivity contribution in [3.05, 3.63) is 5.82 Å². The normalized spacial score (nSPS) is 18.9. The maximum absolute atomic E-state index is 11.9. The second-order valence-electron chi connectivity index (χ2n) is 4.50. The fourth-order valence-corrected chi connectivity index (χ4v) is 2.23. The highest BCUT2D eigenvalue weighted by molar-refractivity contribution is 5.91. The van der Waals surface area contributed by atoms with E-state index in [1.807, 2.05) is 0 Å². The number of nitrogen functional groups attached to an aromatic ring is 1. The number of H-pyrrole nitrogens is 1. The molecule has 7 nitrogen and oxygen atoms in total. The number of rotatable bonds is 3. The highest BCUT2D eigenvalue weighted by Gasteiger charge is 2.33. The Labute approximate surface area is 98.8 Å². The van der Waals surface area contributed by atoms with Gasteiger partial charge in [-0.15, -0.1) is 5.10 Å². The Morgan fingerprint density at radius 2 is 2.18 bits per heavy atom. The molecule has 0 spiro atoms. The number of hydrogen-bond donors (Lipinski definition) is 4. The van der Waals surface area contributed by atoms with Crippen molar-refractivity contribution < 1.29 is 9.90 Å². The SMILES string of the molecule is Nc1n[nH]c(C(=O)NC2(CO)CCCCC2)n1. The van der Waals surface area contributed by atoms with Crippen LogP contribution in [-0.4, -0.2) is 38.3 Å². The topological polar surface area (TPSA) is 117 Å². The van der Waals surface area contributed by atoms with Gasteiger partial charge in [0, 0.05) is 0 Å². The monoisotopic (exact) mass is 239 g/mol. The lowest BCUT2D eigenvalue weighted by Crippen LogP contribution is -2.52. The number of aromatic amines is 1. The zero-order valence-electron chi connectivity index (χ0n) is 9.57. The highest BCUT2D eigenvalue weighted by Crippen LogP contribution is 2.27. The number of aliphatic hydroxyl groups is 1. The van der Waals surface area contributed by atoms with Gasteiger partial charge in [0.1, 0.15) is 0 Å². The summed E-state index contributed by atoms with van der Waals surface area (Å²) < 4.78 is 0. The number of nitrogens with one attached hydrogen (secondary N) is 2. The van der Waals surface area contributed by atoms with Crippen molar-refractivity contribution >= 4 is 11.9 Å². The second kappa shape index (κ2) is 4.70. The van der Waals surface area contributed by atoms with Crippen LogP contribution in [0.3, 0.4) is 0 Å². The number of aliphatic hydroxyl groups excluding tert-OH is 1. The van der Waals surface area contributed by atoms with Gasteiger partial charge in [-0.05, 0) is 12.8 Å². The van der Waals surface area contributed by atoms with Gasteiger partial charge >= 0.3 is 0 Å². The van der Waals surface area contributed by atoms with E-state index >= 15 is 0 Å². The van der Waals surface area contributed by atoms with Gasteiger partial charge in [-0.3, -0.25) is 9.89 Å². The third-order valence-electron chi connectivity index (χ3n) is 3.21. The van der Waals surface area contributed by atoms with Gasteiger partial charge in [-0.2, -0.15) is 4.98 Å². The molecule has 7 heteroatoms. The van der Waals surface area contributed by atoms with Crippen LogP contribution in [0.5, 0.6) is 0 Å². The molecule has 94 valence electrons. The molecule has 0 saturated heterocycles. The molecule has 1 amide bonds. The summed E-state index contributed by atoms with van der Waals surface area (Å²) >= 11 is 0. The summed E-state index contributed by atoms with van der Waals surface area (Å²) in [5.74, 6) is -0.247. The number of anilines is 1. The Kier molecular flexibility index (Phi) is 3.28. The van der Waals surface area contributed by atoms with Crippen molar-refractivity contribution in [1.29, 1.82) is 0 Å². The van der Waals surface area contributed by atoms with E-state index in [0.717, 1.165) is 32.1 Å². The smallest absolute Gasteiger partial charge is 0.289 e. The van der Waals surface area contributed by atoms with E-state index < -0.39 is 5.54 Å². The van der Waals surface area contributed by atoms with E-state index in [9.17, 15) is 9.90 Å². The Balaban J connectivity index is 2.05. The van der Waals surface area contributed by atoms with E-state index in [0.29, 0.717) is 0 Å². The van der Waals surface area contributed by atoms with Crippen molar-refractivity contribution in [2.75, 3.05) is 12.3 Å². The van der Waals surface area contributed by atoms with Gasteiger partial charge < -0.3 is 16.2 Å². The molecule has 5 N–H and O–H groups in total. The van der Waals surface area contributed by atoms with Crippen molar-refractivity contribution in [1.82, 2.24) is 20.5 Å². The third-order valence-corrected chi connectivity index (χ3v) is 3.21. The van der Waals surface area contributed by atoms with Crippen molar-refractivity contribution in [2.45, 2.75) is 37.6 Å². The van der Waals surface area contributed by atoms with E-state index in [-0.39, 0.29) is 24.3 Å². The van der Waals surface area contributed by atoms with Gasteiger partial charge in [0.25, 0.3) is 5.91 Å². The third kappa shape index (κ3) is 2.55. The molecule has 0 aromatic carbocycles. The van der Waals surface area contributed by atoms with Gasteiger partial charge in [-0.1, -0.05) is 19.3 Å². The van der Waals surface area contributed by atoms with Crippen molar-refractivity contribution in [3.8, 4) is 0 Å². The van der Waals surface area contributed by atoms with E-state index in [1.54, 1.807) is 0 Å². The molecule has 17 heavy (non-hydrogen) atoms. The summed E-state index contributed by atoms with van der Waals surface area (Å²) in [7, 11) is 0. The Morgan fingerprint density at radius 1 is 1.47 bits per heavy atom. The molecule has 1 aliphatic carbocycles. The van der Waals surface area contributed by atoms with Crippen LogP contribution < -0.4 is 11.1 Å². The molecule has 0 aliphatic heterocycles. The summed E-state index contributed by atoms with van der Waals surface area (Å²) in [4.78, 5) is 15.6. The minimum atomic E-state index is -0.517. The zero-order valence-corrected chi connectivity index (χ0v) is 9.57. The summed E-state index contributed by atoms with van der Waals surface area (Å²) in [5, 5.41) is 18.3. The fourth-order valence-electron chi connectivity index (χ4n) is 2.23. The molecular formula is C10H17N5O2. The van der Waals surface area contributed by atoms with Gasteiger partial charge in [0.05, 0.1) is 12.1 Å². The fraction of sp³-hybridized carbons (Fsp3) is 0.700. The van der Waals surface area contributed by atoms with Crippen LogP contribution in [0, 0.1) is 0 Å². The van der Waals surface area contributed by atoms with Gasteiger partial charge in [0.2, 0.25) is 11.8 Å². The van der Waals surface area contributed by atoms with Gasteiger partial charge in [0.15, 0.2) is 0 Å². The Morgan fingerprint density at radius 3 is 2.71 bits per heavy atom. The average Bonchev–Trinajstić information content (AvgIpc) is 2.77. The molecule has 1 heterocycles. The van der Waals surface area contributed by atoms with E-state index in [4.69, 9.17) is 5.73 Å². The van der Waals surface area contributed by atoms with E-state index in [1.165, 1.54) is 0 Å². The first kappa shape index (κ1) is 11.8. The first-order valence-corrected chi connectivity index (χ1v) is 5.76. The quantitative estimate of drug-likeness (QED) is 0.583. The maximum Gasteiger partial charge on any atom is 0.289 e. The largest absolute Gasteiger partial charge is 0.394 e. The molecule has 1 saturated carbocycles. The van der Waals surface area contributed by atoms with Crippen LogP contribution in [0.25, 0.3) is 0 Å². The molecule has 1 aromatic heterocycles. The van der Waals surface area contributed by atoms with Crippen LogP contribution in [0.2, 0.25) is 0 Å². The summed E-state index contributed by atoms with van der Waals surface area (Å²) in [6, 6.07) is 0. The Hall–Kier alpha value is -1.63. The van der Waals surface area contributed by atoms with E-state index in [2.05, 4.69) is 20.5 Å². The van der Waals surface area contributed by atoms with Crippen LogP contribution in [-0.2, 0) is 0 Å². The lowest BCUT2D eigenvalue weighted by atomic mass is 9.82. The average molecular weight is 239 g/mol. The second-order valence-corrected chi connectivity index (χ2v) is 4.50. The summed E-state index contributed by atoms with van der Waals surface area (Å²) in [5.41, 5.74) is 4.82. The standard InChI is InChI=1S/C10H17N5O2/c11-9-12-7(14-15-9)8(17)13-10(6-16)4-2-1-3-5-10/h16H,1-6H2,(H,13,17)(H3,11,12,14,15). The van der Waals surface area contributed by atoms with Crippen LogP contribution in [0.15, 0.2) is 0 Å². The Bertz CT molecular complexity index is 397. The minimum Gasteiger partial charge on any atom is -0.394 e. The molecule has 0 atom stereocenters. The maximum atomic E-state index is 11.9. The first-order chi connectivity index (χ1) is 8.15. The van der Waals surface area contributed by atoms with Crippen LogP contribution >= 0.6 is 0 Å².